The van der Waals surface area contributed by atoms with E-state index in [2.05, 4.69) is 6.92 Å². The molecule has 98 valence electrons. The summed E-state index contributed by atoms with van der Waals surface area (Å²) < 4.78 is 5.26. The number of hydroxylamine groups is 2. The third kappa shape index (κ3) is 3.01. The molecule has 0 aliphatic carbocycles. The van der Waals surface area contributed by atoms with Crippen molar-refractivity contribution >= 4 is 5.91 Å². The lowest BCUT2D eigenvalue weighted by molar-refractivity contribution is -0.168. The van der Waals surface area contributed by atoms with Crippen LogP contribution < -0.4 is 4.74 Å². The van der Waals surface area contributed by atoms with Crippen LogP contribution in [-0.4, -0.2) is 31.2 Å². The van der Waals surface area contributed by atoms with Gasteiger partial charge in [0.05, 0.1) is 20.3 Å². The third-order valence-corrected chi connectivity index (χ3v) is 3.07. The van der Waals surface area contributed by atoms with E-state index >= 15 is 0 Å². The van der Waals surface area contributed by atoms with Crippen molar-refractivity contribution in [1.29, 1.82) is 0 Å². The molecule has 1 heterocycles. The maximum Gasteiger partial charge on any atom is 0.246 e. The minimum absolute atomic E-state index is 0.0465. The van der Waals surface area contributed by atoms with Crippen LogP contribution in [0.25, 0.3) is 0 Å². The molecule has 18 heavy (non-hydrogen) atoms. The average Bonchev–Trinajstić information content (AvgIpc) is 2.83. The second-order valence-electron chi connectivity index (χ2n) is 4.67. The molecule has 1 aliphatic heterocycles. The Morgan fingerprint density at radius 3 is 2.94 bits per heavy atom. The molecule has 4 heteroatoms. The van der Waals surface area contributed by atoms with Crippen LogP contribution in [0.5, 0.6) is 5.75 Å². The summed E-state index contributed by atoms with van der Waals surface area (Å²) in [7, 11) is 1.64. The van der Waals surface area contributed by atoms with Crippen LogP contribution in [-0.2, 0) is 16.1 Å². The van der Waals surface area contributed by atoms with Gasteiger partial charge >= 0.3 is 0 Å². The molecule has 0 bridgehead atoms. The predicted octanol–water partition coefficient (Wildman–Crippen LogP) is 2.04. The zero-order valence-electron chi connectivity index (χ0n) is 10.9. The average molecular weight is 249 g/mol. The van der Waals surface area contributed by atoms with Crippen molar-refractivity contribution in [3.8, 4) is 5.75 Å². The Labute approximate surface area is 107 Å². The Kier molecular flexibility index (Phi) is 4.20. The maximum absolute atomic E-state index is 11.9. The summed E-state index contributed by atoms with van der Waals surface area (Å²) in [6, 6.07) is 7.78. The highest BCUT2D eigenvalue weighted by atomic mass is 16.7. The molecule has 1 saturated heterocycles. The molecule has 0 radical (unpaired) electrons. The van der Waals surface area contributed by atoms with Crippen molar-refractivity contribution in [3.05, 3.63) is 29.8 Å². The van der Waals surface area contributed by atoms with Gasteiger partial charge in [0, 0.05) is 12.3 Å². The number of para-hydroxylation sites is 1. The summed E-state index contributed by atoms with van der Waals surface area (Å²) in [5, 5.41) is 1.49. The van der Waals surface area contributed by atoms with Gasteiger partial charge in [-0.3, -0.25) is 9.63 Å². The molecule has 1 aromatic carbocycles. The molecule has 1 atom stereocenters. The number of hydrogen-bond donors (Lipinski definition) is 0. The molecular weight excluding hydrogens is 230 g/mol. The fraction of sp³-hybridized carbons (Fsp3) is 0.500. The lowest BCUT2D eigenvalue weighted by Gasteiger charge is -2.14. The molecule has 1 unspecified atom stereocenters. The Morgan fingerprint density at radius 2 is 2.28 bits per heavy atom. The van der Waals surface area contributed by atoms with Crippen LogP contribution in [0.2, 0.25) is 0 Å². The number of carbonyl (C=O) groups excluding carboxylic acids is 1. The molecular formula is C14H19NO3. The smallest absolute Gasteiger partial charge is 0.246 e. The molecule has 1 fully saturated rings. The summed E-state index contributed by atoms with van der Waals surface area (Å²) in [6.45, 7) is 3.42. The van der Waals surface area contributed by atoms with Crippen molar-refractivity contribution in [2.75, 3.05) is 20.3 Å². The minimum atomic E-state index is 0.0465. The Balaban J connectivity index is 1.89. The van der Waals surface area contributed by atoms with Gasteiger partial charge in [0.25, 0.3) is 0 Å². The van der Waals surface area contributed by atoms with Gasteiger partial charge in [0.1, 0.15) is 5.75 Å². The number of nitrogens with zero attached hydrogens (tertiary/aromatic N) is 1. The normalized spacial score (nSPS) is 19.0. The molecule has 2 rings (SSSR count). The summed E-state index contributed by atoms with van der Waals surface area (Å²) in [5.74, 6) is 1.31. The summed E-state index contributed by atoms with van der Waals surface area (Å²) in [5.41, 5.74) is 1.06. The van der Waals surface area contributed by atoms with Gasteiger partial charge < -0.3 is 4.74 Å². The first kappa shape index (κ1) is 12.9. The van der Waals surface area contributed by atoms with E-state index in [1.54, 1.807) is 7.11 Å². The van der Waals surface area contributed by atoms with Gasteiger partial charge in [-0.05, 0) is 18.1 Å². The number of benzene rings is 1. The first-order chi connectivity index (χ1) is 8.70. The van der Waals surface area contributed by atoms with Gasteiger partial charge in [-0.1, -0.05) is 25.1 Å². The molecule has 0 saturated carbocycles. The standard InChI is InChI=1S/C14H19NO3/c1-11-9-15(18-10-11)14(16)8-7-12-5-3-4-6-13(12)17-2/h3-6,11H,7-10H2,1-2H3. The van der Waals surface area contributed by atoms with Crippen molar-refractivity contribution in [2.45, 2.75) is 19.8 Å². The van der Waals surface area contributed by atoms with Crippen molar-refractivity contribution in [1.82, 2.24) is 5.06 Å². The van der Waals surface area contributed by atoms with Crippen molar-refractivity contribution in [2.24, 2.45) is 5.92 Å². The first-order valence-corrected chi connectivity index (χ1v) is 6.26. The van der Waals surface area contributed by atoms with Gasteiger partial charge in [-0.2, -0.15) is 0 Å². The number of aryl methyl sites for hydroxylation is 1. The van der Waals surface area contributed by atoms with E-state index in [9.17, 15) is 4.79 Å². The number of amides is 1. The molecule has 1 aliphatic rings. The van der Waals surface area contributed by atoms with Gasteiger partial charge in [0.15, 0.2) is 0 Å². The second-order valence-corrected chi connectivity index (χ2v) is 4.67. The van der Waals surface area contributed by atoms with Crippen LogP contribution in [0.15, 0.2) is 24.3 Å². The summed E-state index contributed by atoms with van der Waals surface area (Å²) in [4.78, 5) is 17.2. The quantitative estimate of drug-likeness (QED) is 0.819. The van der Waals surface area contributed by atoms with E-state index in [0.717, 1.165) is 11.3 Å². The molecule has 0 aromatic heterocycles. The van der Waals surface area contributed by atoms with E-state index in [4.69, 9.17) is 9.57 Å². The van der Waals surface area contributed by atoms with Gasteiger partial charge in [0.2, 0.25) is 5.91 Å². The first-order valence-electron chi connectivity index (χ1n) is 6.26. The zero-order valence-corrected chi connectivity index (χ0v) is 10.9. The lowest BCUT2D eigenvalue weighted by Crippen LogP contribution is -2.27. The Morgan fingerprint density at radius 1 is 1.50 bits per heavy atom. The molecule has 1 amide bonds. The molecule has 0 spiro atoms. The topological polar surface area (TPSA) is 38.8 Å². The minimum Gasteiger partial charge on any atom is -0.496 e. The van der Waals surface area contributed by atoms with Crippen LogP contribution >= 0.6 is 0 Å². The monoisotopic (exact) mass is 249 g/mol. The Hall–Kier alpha value is -1.55. The van der Waals surface area contributed by atoms with Crippen LogP contribution in [0.1, 0.15) is 18.9 Å². The number of methoxy groups -OCH3 is 1. The van der Waals surface area contributed by atoms with Crippen molar-refractivity contribution < 1.29 is 14.4 Å². The maximum atomic E-state index is 11.9. The fourth-order valence-corrected chi connectivity index (χ4v) is 2.06. The molecule has 1 aromatic rings. The largest absolute Gasteiger partial charge is 0.496 e. The highest BCUT2D eigenvalue weighted by molar-refractivity contribution is 5.75. The van der Waals surface area contributed by atoms with Crippen molar-refractivity contribution in [3.63, 3.8) is 0 Å². The van der Waals surface area contributed by atoms with Gasteiger partial charge in [-0.15, -0.1) is 0 Å². The SMILES string of the molecule is COc1ccccc1CCC(=O)N1CC(C)CO1. The number of hydrogen-bond acceptors (Lipinski definition) is 3. The van der Waals surface area contributed by atoms with Crippen LogP contribution in [0, 0.1) is 5.92 Å². The molecule has 0 N–H and O–H groups in total. The third-order valence-electron chi connectivity index (χ3n) is 3.07. The lowest BCUT2D eigenvalue weighted by atomic mass is 10.1. The van der Waals surface area contributed by atoms with E-state index < -0.39 is 0 Å². The van der Waals surface area contributed by atoms with Gasteiger partial charge in [-0.25, -0.2) is 5.06 Å². The van der Waals surface area contributed by atoms with E-state index in [1.165, 1.54) is 5.06 Å². The summed E-state index contributed by atoms with van der Waals surface area (Å²) in [6.07, 6.45) is 1.13. The van der Waals surface area contributed by atoms with Crippen LogP contribution in [0.4, 0.5) is 0 Å². The van der Waals surface area contributed by atoms with E-state index in [-0.39, 0.29) is 5.91 Å². The second kappa shape index (κ2) is 5.87. The Bertz CT molecular complexity index is 419. The zero-order chi connectivity index (χ0) is 13.0. The predicted molar refractivity (Wildman–Crippen MR) is 68.1 cm³/mol. The van der Waals surface area contributed by atoms with E-state index in [1.807, 2.05) is 24.3 Å². The highest BCUT2D eigenvalue weighted by Crippen LogP contribution is 2.20. The summed E-state index contributed by atoms with van der Waals surface area (Å²) >= 11 is 0. The van der Waals surface area contributed by atoms with Crippen LogP contribution in [0.3, 0.4) is 0 Å². The number of ether oxygens (including phenoxy) is 1. The highest BCUT2D eigenvalue weighted by Gasteiger charge is 2.24. The fourth-order valence-electron chi connectivity index (χ4n) is 2.06. The molecule has 4 nitrogen and oxygen atoms in total. The van der Waals surface area contributed by atoms with E-state index in [0.29, 0.717) is 31.9 Å². The number of carbonyl (C=O) groups is 1. The number of rotatable bonds is 4.